The second-order valence-electron chi connectivity index (χ2n) is 4.48. The molecular formula is C11H12ClN3O2S. The lowest BCUT2D eigenvalue weighted by Gasteiger charge is -2.04. The third-order valence-electron chi connectivity index (χ3n) is 3.23. The summed E-state index contributed by atoms with van der Waals surface area (Å²) in [5.74, 6) is 0.824. The summed E-state index contributed by atoms with van der Waals surface area (Å²) < 4.78 is 25.0. The molecule has 1 saturated heterocycles. The lowest BCUT2D eigenvalue weighted by molar-refractivity contribution is 0.586. The Morgan fingerprint density at radius 2 is 2.28 bits per heavy atom. The zero-order chi connectivity index (χ0) is 12.8. The Hall–Kier alpha value is -1.14. The van der Waals surface area contributed by atoms with Gasteiger partial charge in [0.15, 0.2) is 21.3 Å². The number of rotatable bonds is 2. The van der Waals surface area contributed by atoms with Crippen LogP contribution in [0.4, 0.5) is 0 Å². The van der Waals surface area contributed by atoms with E-state index >= 15 is 0 Å². The molecule has 1 atom stereocenters. The van der Waals surface area contributed by atoms with Crippen LogP contribution >= 0.6 is 11.6 Å². The molecule has 1 aliphatic heterocycles. The van der Waals surface area contributed by atoms with Crippen molar-refractivity contribution < 1.29 is 8.42 Å². The number of pyridine rings is 1. The lowest BCUT2D eigenvalue weighted by atomic mass is 10.2. The highest BCUT2D eigenvalue weighted by molar-refractivity contribution is 7.92. The van der Waals surface area contributed by atoms with Gasteiger partial charge >= 0.3 is 0 Å². The van der Waals surface area contributed by atoms with Crippen molar-refractivity contribution in [1.29, 1.82) is 0 Å². The normalized spacial score (nSPS) is 22.6. The zero-order valence-corrected chi connectivity index (χ0v) is 11.2. The number of sulfone groups is 1. The molecule has 2 aromatic rings. The van der Waals surface area contributed by atoms with Gasteiger partial charge in [-0.1, -0.05) is 17.7 Å². The van der Waals surface area contributed by atoms with E-state index in [9.17, 15) is 8.42 Å². The number of aromatic nitrogens is 3. The first-order chi connectivity index (χ1) is 8.56. The maximum Gasteiger partial charge on any atom is 0.157 e. The molecule has 2 aromatic heterocycles. The molecule has 1 unspecified atom stereocenters. The van der Waals surface area contributed by atoms with Gasteiger partial charge in [0.1, 0.15) is 5.15 Å². The number of hydrogen-bond donors (Lipinski definition) is 0. The molecule has 0 bridgehead atoms. The maximum absolute atomic E-state index is 11.8. The molecule has 5 nitrogen and oxygen atoms in total. The van der Waals surface area contributed by atoms with Gasteiger partial charge in [-0.25, -0.2) is 17.9 Å². The molecule has 18 heavy (non-hydrogen) atoms. The minimum absolute atomic E-state index is 0.284. The highest BCUT2D eigenvalue weighted by atomic mass is 35.5. The monoisotopic (exact) mass is 285 g/mol. The highest BCUT2D eigenvalue weighted by Crippen LogP contribution is 2.23. The Kier molecular flexibility index (Phi) is 2.79. The van der Waals surface area contributed by atoms with Crippen LogP contribution in [0.25, 0.3) is 5.65 Å². The molecule has 0 radical (unpaired) electrons. The van der Waals surface area contributed by atoms with Gasteiger partial charge in [0.25, 0.3) is 0 Å². The average Bonchev–Trinajstić information content (AvgIpc) is 2.84. The fraction of sp³-hybridized carbons (Fsp3) is 0.455. The summed E-state index contributed by atoms with van der Waals surface area (Å²) in [5.41, 5.74) is 0.646. The molecule has 0 aromatic carbocycles. The predicted molar refractivity (Wildman–Crippen MR) is 68.5 cm³/mol. The van der Waals surface area contributed by atoms with Crippen LogP contribution in [0, 0.1) is 0 Å². The molecule has 0 N–H and O–H groups in total. The molecule has 96 valence electrons. The first kappa shape index (κ1) is 11.9. The fourth-order valence-electron chi connectivity index (χ4n) is 2.30. The van der Waals surface area contributed by atoms with Crippen molar-refractivity contribution >= 4 is 27.1 Å². The first-order valence-corrected chi connectivity index (χ1v) is 7.87. The maximum atomic E-state index is 11.8. The van der Waals surface area contributed by atoms with Gasteiger partial charge in [-0.05, 0) is 25.0 Å². The van der Waals surface area contributed by atoms with Crippen LogP contribution < -0.4 is 0 Å². The Balaban J connectivity index is 1.94. The molecule has 7 heteroatoms. The molecule has 1 aliphatic rings. The smallest absolute Gasteiger partial charge is 0.157 e. The SMILES string of the molecule is O=S1(=O)CCCC1Cc1nc2cccc(Cl)n2n1. The molecule has 1 fully saturated rings. The molecule has 3 rings (SSSR count). The van der Waals surface area contributed by atoms with Crippen molar-refractivity contribution in [3.63, 3.8) is 0 Å². The Morgan fingerprint density at radius 1 is 1.44 bits per heavy atom. The summed E-state index contributed by atoms with van der Waals surface area (Å²) in [6.07, 6.45) is 1.81. The van der Waals surface area contributed by atoms with Crippen LogP contribution in [0.2, 0.25) is 5.15 Å². The van der Waals surface area contributed by atoms with E-state index in [0.717, 1.165) is 6.42 Å². The van der Waals surface area contributed by atoms with E-state index in [2.05, 4.69) is 10.1 Å². The van der Waals surface area contributed by atoms with Gasteiger partial charge < -0.3 is 0 Å². The van der Waals surface area contributed by atoms with Gasteiger partial charge in [-0.15, -0.1) is 5.10 Å². The van der Waals surface area contributed by atoms with E-state index in [1.807, 2.05) is 0 Å². The summed E-state index contributed by atoms with van der Waals surface area (Å²) in [6, 6.07) is 5.31. The van der Waals surface area contributed by atoms with Crippen LogP contribution in [0.5, 0.6) is 0 Å². The second-order valence-corrected chi connectivity index (χ2v) is 7.27. The number of hydrogen-bond acceptors (Lipinski definition) is 4. The van der Waals surface area contributed by atoms with Crippen molar-refractivity contribution in [1.82, 2.24) is 14.6 Å². The largest absolute Gasteiger partial charge is 0.229 e. The summed E-state index contributed by atoms with van der Waals surface area (Å²) in [6.45, 7) is 0. The van der Waals surface area contributed by atoms with Gasteiger partial charge in [0, 0.05) is 6.42 Å². The van der Waals surface area contributed by atoms with Crippen LogP contribution in [0.1, 0.15) is 18.7 Å². The third-order valence-corrected chi connectivity index (χ3v) is 5.79. The van der Waals surface area contributed by atoms with Gasteiger partial charge in [0.05, 0.1) is 11.0 Å². The summed E-state index contributed by atoms with van der Waals surface area (Å²) in [7, 11) is -2.96. The van der Waals surface area contributed by atoms with E-state index in [4.69, 9.17) is 11.6 Å². The predicted octanol–water partition coefficient (Wildman–Crippen LogP) is 1.50. The number of nitrogens with zero attached hydrogens (tertiary/aromatic N) is 3. The van der Waals surface area contributed by atoms with Crippen LogP contribution in [0.3, 0.4) is 0 Å². The topological polar surface area (TPSA) is 64.3 Å². The molecule has 3 heterocycles. The van der Waals surface area contributed by atoms with E-state index in [1.54, 1.807) is 18.2 Å². The minimum Gasteiger partial charge on any atom is -0.229 e. The lowest BCUT2D eigenvalue weighted by Crippen LogP contribution is -2.19. The molecule has 0 aliphatic carbocycles. The van der Waals surface area contributed by atoms with E-state index in [-0.39, 0.29) is 11.0 Å². The van der Waals surface area contributed by atoms with Gasteiger partial charge in [-0.3, -0.25) is 0 Å². The van der Waals surface area contributed by atoms with E-state index < -0.39 is 9.84 Å². The zero-order valence-electron chi connectivity index (χ0n) is 9.58. The molecule has 0 spiro atoms. The number of fused-ring (bicyclic) bond motifs is 1. The van der Waals surface area contributed by atoms with Gasteiger partial charge in [-0.2, -0.15) is 0 Å². The van der Waals surface area contributed by atoms with Crippen LogP contribution in [-0.2, 0) is 16.3 Å². The fourth-order valence-corrected chi connectivity index (χ4v) is 4.32. The third kappa shape index (κ3) is 1.99. The quantitative estimate of drug-likeness (QED) is 0.785. The van der Waals surface area contributed by atoms with Crippen LogP contribution in [0.15, 0.2) is 18.2 Å². The van der Waals surface area contributed by atoms with Gasteiger partial charge in [0.2, 0.25) is 0 Å². The Morgan fingerprint density at radius 3 is 2.94 bits per heavy atom. The number of halogens is 1. The molecule has 0 saturated carbocycles. The average molecular weight is 286 g/mol. The summed E-state index contributed by atoms with van der Waals surface area (Å²) in [5, 5.41) is 4.38. The van der Waals surface area contributed by atoms with E-state index in [0.29, 0.717) is 29.5 Å². The molecular weight excluding hydrogens is 274 g/mol. The first-order valence-electron chi connectivity index (χ1n) is 5.78. The second kappa shape index (κ2) is 4.20. The molecule has 0 amide bonds. The summed E-state index contributed by atoms with van der Waals surface area (Å²) >= 11 is 5.99. The van der Waals surface area contributed by atoms with Crippen molar-refractivity contribution in [3.8, 4) is 0 Å². The van der Waals surface area contributed by atoms with Crippen molar-refractivity contribution in [2.45, 2.75) is 24.5 Å². The van der Waals surface area contributed by atoms with Crippen LogP contribution in [-0.4, -0.2) is 34.0 Å². The summed E-state index contributed by atoms with van der Waals surface area (Å²) in [4.78, 5) is 4.31. The van der Waals surface area contributed by atoms with Crippen molar-refractivity contribution in [2.75, 3.05) is 5.75 Å². The minimum atomic E-state index is -2.96. The standard InChI is InChI=1S/C11H12ClN3O2S/c12-9-4-1-5-11-13-10(14-15(9)11)7-8-3-2-6-18(8,16)17/h1,4-5,8H,2-3,6-7H2. The van der Waals surface area contributed by atoms with Crippen molar-refractivity contribution in [2.24, 2.45) is 0 Å². The van der Waals surface area contributed by atoms with Crippen molar-refractivity contribution in [3.05, 3.63) is 29.2 Å². The highest BCUT2D eigenvalue weighted by Gasteiger charge is 2.32. The Bertz CT molecular complexity index is 695. The Labute approximate surface area is 110 Å². The van der Waals surface area contributed by atoms with E-state index in [1.165, 1.54) is 4.52 Å².